The van der Waals surface area contributed by atoms with E-state index in [4.69, 9.17) is 4.74 Å². The minimum atomic E-state index is -0.363. The number of halogens is 1. The first-order valence-electron chi connectivity index (χ1n) is 7.70. The van der Waals surface area contributed by atoms with Crippen LogP contribution in [-0.2, 0) is 11.8 Å². The fraction of sp³-hybridized carbons (Fsp3) is 0.412. The van der Waals surface area contributed by atoms with E-state index in [-0.39, 0.29) is 23.9 Å². The van der Waals surface area contributed by atoms with Crippen LogP contribution in [-0.4, -0.2) is 28.3 Å². The lowest BCUT2D eigenvalue weighted by molar-refractivity contribution is 0.000864. The topological polar surface area (TPSA) is 56.1 Å². The predicted octanol–water partition coefficient (Wildman–Crippen LogP) is 2.52. The predicted molar refractivity (Wildman–Crippen MR) is 83.5 cm³/mol. The van der Waals surface area contributed by atoms with Crippen molar-refractivity contribution in [2.75, 3.05) is 6.61 Å². The molecule has 1 aromatic heterocycles. The molecule has 2 aromatic rings. The number of aryl methyl sites for hydroxylation is 2. The van der Waals surface area contributed by atoms with Crippen molar-refractivity contribution in [3.8, 4) is 0 Å². The zero-order chi connectivity index (χ0) is 16.4. The normalized spacial score (nSPS) is 21.2. The largest absolute Gasteiger partial charge is 0.373 e. The summed E-state index contributed by atoms with van der Waals surface area (Å²) in [5.41, 5.74) is 1.88. The van der Waals surface area contributed by atoms with Gasteiger partial charge in [0.25, 0.3) is 5.91 Å². The van der Waals surface area contributed by atoms with Crippen molar-refractivity contribution in [1.82, 2.24) is 15.1 Å². The van der Waals surface area contributed by atoms with Crippen LogP contribution in [0.15, 0.2) is 30.6 Å². The van der Waals surface area contributed by atoms with Crippen LogP contribution in [0.1, 0.15) is 40.4 Å². The highest BCUT2D eigenvalue weighted by atomic mass is 19.1. The van der Waals surface area contributed by atoms with Gasteiger partial charge in [0.05, 0.1) is 12.3 Å². The number of amides is 1. The fourth-order valence-corrected chi connectivity index (χ4v) is 2.77. The standard InChI is InChI=1S/C17H20FN3O2/c1-11-3-4-12(7-15(11)18)17(22)20-14-5-6-23-16(8-14)13-9-19-21(2)10-13/h3-4,7,9-10,14,16H,5-6,8H2,1-2H3,(H,20,22)/t14-,16-/m1/s1. The summed E-state index contributed by atoms with van der Waals surface area (Å²) in [6.45, 7) is 2.25. The van der Waals surface area contributed by atoms with Crippen molar-refractivity contribution in [1.29, 1.82) is 0 Å². The lowest BCUT2D eigenvalue weighted by Crippen LogP contribution is -2.39. The summed E-state index contributed by atoms with van der Waals surface area (Å²) in [5.74, 6) is -0.612. The molecule has 2 atom stereocenters. The Kier molecular flexibility index (Phi) is 4.43. The summed E-state index contributed by atoms with van der Waals surface area (Å²) in [6.07, 6.45) is 5.06. The molecular weight excluding hydrogens is 297 g/mol. The van der Waals surface area contributed by atoms with Gasteiger partial charge in [0.1, 0.15) is 5.82 Å². The maximum Gasteiger partial charge on any atom is 0.251 e. The van der Waals surface area contributed by atoms with Crippen LogP contribution >= 0.6 is 0 Å². The highest BCUT2D eigenvalue weighted by molar-refractivity contribution is 5.94. The first-order valence-corrected chi connectivity index (χ1v) is 7.70. The molecule has 6 heteroatoms. The van der Waals surface area contributed by atoms with E-state index in [1.807, 2.05) is 13.2 Å². The molecule has 0 unspecified atom stereocenters. The Morgan fingerprint density at radius 3 is 3.00 bits per heavy atom. The Hall–Kier alpha value is -2.21. The maximum absolute atomic E-state index is 13.6. The van der Waals surface area contributed by atoms with Crippen molar-refractivity contribution in [2.45, 2.75) is 31.9 Å². The third kappa shape index (κ3) is 3.59. The number of ether oxygens (including phenoxy) is 1. The minimum absolute atomic E-state index is 0.00539. The number of carbonyl (C=O) groups is 1. The first-order chi connectivity index (χ1) is 11.0. The van der Waals surface area contributed by atoms with E-state index in [9.17, 15) is 9.18 Å². The second kappa shape index (κ2) is 6.50. The molecule has 5 nitrogen and oxygen atoms in total. The zero-order valence-corrected chi connectivity index (χ0v) is 13.3. The molecule has 3 rings (SSSR count). The van der Waals surface area contributed by atoms with Crippen LogP contribution in [0.25, 0.3) is 0 Å². The molecule has 0 bridgehead atoms. The van der Waals surface area contributed by atoms with Crippen molar-refractivity contribution in [3.63, 3.8) is 0 Å². The number of hydrogen-bond donors (Lipinski definition) is 1. The van der Waals surface area contributed by atoms with E-state index in [1.165, 1.54) is 6.07 Å². The molecule has 1 N–H and O–H groups in total. The van der Waals surface area contributed by atoms with E-state index in [0.717, 1.165) is 12.0 Å². The van der Waals surface area contributed by atoms with E-state index in [1.54, 1.807) is 29.9 Å². The SMILES string of the molecule is Cc1ccc(C(=O)N[C@@H]2CCO[C@@H](c3cnn(C)c3)C2)cc1F. The number of aromatic nitrogens is 2. The Bertz CT molecular complexity index is 714. The molecule has 0 aliphatic carbocycles. The van der Waals surface area contributed by atoms with Crippen molar-refractivity contribution in [2.24, 2.45) is 7.05 Å². The molecule has 1 aliphatic rings. The van der Waals surface area contributed by atoms with E-state index in [0.29, 0.717) is 24.2 Å². The first kappa shape index (κ1) is 15.7. The smallest absolute Gasteiger partial charge is 0.251 e. The van der Waals surface area contributed by atoms with Gasteiger partial charge in [-0.2, -0.15) is 5.10 Å². The molecule has 0 spiro atoms. The molecule has 1 saturated heterocycles. The number of carbonyl (C=O) groups excluding carboxylic acids is 1. The third-order valence-corrected chi connectivity index (χ3v) is 4.15. The summed E-state index contributed by atoms with van der Waals surface area (Å²) in [5, 5.41) is 7.13. The van der Waals surface area contributed by atoms with Gasteiger partial charge in [-0.05, 0) is 37.5 Å². The van der Waals surface area contributed by atoms with Crippen LogP contribution < -0.4 is 5.32 Å². The lowest BCUT2D eigenvalue weighted by atomic mass is 9.99. The molecular formula is C17H20FN3O2. The minimum Gasteiger partial charge on any atom is -0.373 e. The highest BCUT2D eigenvalue weighted by Crippen LogP contribution is 2.27. The van der Waals surface area contributed by atoms with Crippen LogP contribution in [0.2, 0.25) is 0 Å². The Morgan fingerprint density at radius 1 is 1.48 bits per heavy atom. The lowest BCUT2D eigenvalue weighted by Gasteiger charge is -2.29. The van der Waals surface area contributed by atoms with Crippen LogP contribution in [0.3, 0.4) is 0 Å². The molecule has 0 radical (unpaired) electrons. The van der Waals surface area contributed by atoms with Gasteiger partial charge in [-0.3, -0.25) is 9.48 Å². The van der Waals surface area contributed by atoms with Gasteiger partial charge in [-0.1, -0.05) is 6.07 Å². The number of benzene rings is 1. The Balaban J connectivity index is 1.65. The molecule has 1 aliphatic heterocycles. The molecule has 1 fully saturated rings. The van der Waals surface area contributed by atoms with E-state index >= 15 is 0 Å². The van der Waals surface area contributed by atoms with Crippen molar-refractivity contribution >= 4 is 5.91 Å². The summed E-state index contributed by atoms with van der Waals surface area (Å²) < 4.78 is 21.1. The molecule has 2 heterocycles. The van der Waals surface area contributed by atoms with Crippen LogP contribution in [0.5, 0.6) is 0 Å². The average molecular weight is 317 g/mol. The average Bonchev–Trinajstić information content (AvgIpc) is 2.97. The molecule has 1 aromatic carbocycles. The van der Waals surface area contributed by atoms with E-state index < -0.39 is 0 Å². The van der Waals surface area contributed by atoms with Crippen LogP contribution in [0, 0.1) is 12.7 Å². The molecule has 0 saturated carbocycles. The Labute approximate surface area is 134 Å². The van der Waals surface area contributed by atoms with Gasteiger partial charge >= 0.3 is 0 Å². The van der Waals surface area contributed by atoms with Gasteiger partial charge in [0.2, 0.25) is 0 Å². The fourth-order valence-electron chi connectivity index (χ4n) is 2.77. The summed E-state index contributed by atoms with van der Waals surface area (Å²) in [6, 6.07) is 4.55. The second-order valence-electron chi connectivity index (χ2n) is 5.97. The monoisotopic (exact) mass is 317 g/mol. The van der Waals surface area contributed by atoms with Gasteiger partial charge in [0, 0.05) is 37.0 Å². The summed E-state index contributed by atoms with van der Waals surface area (Å²) >= 11 is 0. The van der Waals surface area contributed by atoms with Gasteiger partial charge in [0.15, 0.2) is 0 Å². The van der Waals surface area contributed by atoms with Crippen LogP contribution in [0.4, 0.5) is 4.39 Å². The molecule has 1 amide bonds. The zero-order valence-electron chi connectivity index (χ0n) is 13.3. The maximum atomic E-state index is 13.6. The summed E-state index contributed by atoms with van der Waals surface area (Å²) in [7, 11) is 1.86. The van der Waals surface area contributed by atoms with E-state index in [2.05, 4.69) is 10.4 Å². The van der Waals surface area contributed by atoms with Crippen molar-refractivity contribution in [3.05, 3.63) is 53.1 Å². The quantitative estimate of drug-likeness (QED) is 0.946. The number of nitrogens with zero attached hydrogens (tertiary/aromatic N) is 2. The molecule has 23 heavy (non-hydrogen) atoms. The van der Waals surface area contributed by atoms with Gasteiger partial charge in [-0.15, -0.1) is 0 Å². The molecule has 122 valence electrons. The third-order valence-electron chi connectivity index (χ3n) is 4.15. The number of hydrogen-bond acceptors (Lipinski definition) is 3. The van der Waals surface area contributed by atoms with Gasteiger partial charge in [-0.25, -0.2) is 4.39 Å². The van der Waals surface area contributed by atoms with Gasteiger partial charge < -0.3 is 10.1 Å². The highest BCUT2D eigenvalue weighted by Gasteiger charge is 2.26. The Morgan fingerprint density at radius 2 is 2.30 bits per heavy atom. The van der Waals surface area contributed by atoms with Crippen molar-refractivity contribution < 1.29 is 13.9 Å². The number of nitrogens with one attached hydrogen (secondary N) is 1. The number of rotatable bonds is 3. The second-order valence-corrected chi connectivity index (χ2v) is 5.97. The summed E-state index contributed by atoms with van der Waals surface area (Å²) in [4.78, 5) is 12.3.